The van der Waals surface area contributed by atoms with Crippen LogP contribution in [0.4, 0.5) is 0 Å². The fourth-order valence-electron chi connectivity index (χ4n) is 1.36. The van der Waals surface area contributed by atoms with E-state index < -0.39 is 0 Å². The van der Waals surface area contributed by atoms with E-state index in [1.807, 2.05) is 40.4 Å². The van der Waals surface area contributed by atoms with Crippen molar-refractivity contribution in [2.24, 2.45) is 0 Å². The van der Waals surface area contributed by atoms with Gasteiger partial charge < -0.3 is 4.90 Å². The molecule has 2 heterocycles. The van der Waals surface area contributed by atoms with Gasteiger partial charge >= 0.3 is 0 Å². The minimum Gasteiger partial charge on any atom is -0.356 e. The summed E-state index contributed by atoms with van der Waals surface area (Å²) in [5, 5.41) is 0.605. The van der Waals surface area contributed by atoms with E-state index >= 15 is 0 Å². The van der Waals surface area contributed by atoms with Crippen LogP contribution in [0.25, 0.3) is 0 Å². The van der Waals surface area contributed by atoms with Gasteiger partial charge in [0.15, 0.2) is 0 Å². The summed E-state index contributed by atoms with van der Waals surface area (Å²) >= 11 is 3.79. The van der Waals surface area contributed by atoms with Gasteiger partial charge in [0.05, 0.1) is 11.1 Å². The maximum Gasteiger partial charge on any atom is 0.238 e. The van der Waals surface area contributed by atoms with Crippen LogP contribution in [-0.2, 0) is 4.79 Å². The third kappa shape index (κ3) is 1.30. The molecule has 0 aromatic carbocycles. The zero-order chi connectivity index (χ0) is 7.84. The van der Waals surface area contributed by atoms with E-state index in [-0.39, 0.29) is 3.79 Å². The summed E-state index contributed by atoms with van der Waals surface area (Å²) in [6, 6.07) is 0. The van der Waals surface area contributed by atoms with E-state index in [2.05, 4.69) is 4.90 Å². The smallest absolute Gasteiger partial charge is 0.238 e. The lowest BCUT2D eigenvalue weighted by Gasteiger charge is -2.44. The fraction of sp³-hybridized carbons (Fsp3) is 0.571. The van der Waals surface area contributed by atoms with Crippen molar-refractivity contribution in [2.75, 3.05) is 12.3 Å². The van der Waals surface area contributed by atoms with Crippen LogP contribution in [0.1, 0.15) is 6.42 Å². The van der Waals surface area contributed by atoms with Crippen LogP contribution in [0.5, 0.6) is 0 Å². The van der Waals surface area contributed by atoms with Crippen LogP contribution in [0.3, 0.4) is 0 Å². The second kappa shape index (κ2) is 2.97. The zero-order valence-electron chi connectivity index (χ0n) is 5.92. The Morgan fingerprint density at radius 3 is 3.09 bits per heavy atom. The number of rotatable bonds is 1. The number of carbonyl (C=O) groups excluding carboxylic acids is 1. The Morgan fingerprint density at radius 2 is 2.64 bits per heavy atom. The summed E-state index contributed by atoms with van der Waals surface area (Å²) in [5.41, 5.74) is 0.931. The van der Waals surface area contributed by atoms with Gasteiger partial charge in [-0.15, -0.1) is 11.8 Å². The highest BCUT2D eigenvalue weighted by molar-refractivity contribution is 14.1. The zero-order valence-corrected chi connectivity index (χ0v) is 8.89. The first-order chi connectivity index (χ1) is 5.29. The van der Waals surface area contributed by atoms with Crippen LogP contribution < -0.4 is 0 Å². The summed E-state index contributed by atoms with van der Waals surface area (Å²) in [6.07, 6.45) is 3.28. The Hall–Kier alpha value is 0.290. The normalized spacial score (nSPS) is 28.6. The van der Waals surface area contributed by atoms with Crippen LogP contribution in [0, 0.1) is 0 Å². The molecule has 2 aliphatic heterocycles. The van der Waals surface area contributed by atoms with Crippen molar-refractivity contribution in [3.8, 4) is 0 Å². The Morgan fingerprint density at radius 1 is 1.82 bits per heavy atom. The summed E-state index contributed by atoms with van der Waals surface area (Å²) < 4.78 is 0.188. The number of hydrogen-bond acceptors (Lipinski definition) is 3. The minimum atomic E-state index is 0.188. The van der Waals surface area contributed by atoms with Gasteiger partial charge in [-0.1, -0.05) is 0 Å². The maximum absolute atomic E-state index is 11.1. The molecule has 0 saturated carbocycles. The standard InChI is InChI=1S/C7H8INOS/c8-7(10)5-2-4-11-6-1-3-9(5)6/h2,6H,1,3-4H2. The van der Waals surface area contributed by atoms with Crippen LogP contribution >= 0.6 is 34.4 Å². The quantitative estimate of drug-likeness (QED) is 0.538. The number of fused-ring (bicyclic) bond motifs is 1. The molecule has 4 heteroatoms. The Bertz CT molecular complexity index is 228. The van der Waals surface area contributed by atoms with Crippen molar-refractivity contribution in [2.45, 2.75) is 11.8 Å². The van der Waals surface area contributed by atoms with E-state index in [0.29, 0.717) is 5.37 Å². The molecule has 0 spiro atoms. The molecule has 0 radical (unpaired) electrons. The highest BCUT2D eigenvalue weighted by Gasteiger charge is 2.34. The second-order valence-electron chi connectivity index (χ2n) is 2.63. The average molecular weight is 281 g/mol. The largest absolute Gasteiger partial charge is 0.356 e. The molecule has 1 saturated heterocycles. The fourth-order valence-corrected chi connectivity index (χ4v) is 3.04. The Balaban J connectivity index is 2.18. The monoisotopic (exact) mass is 281 g/mol. The van der Waals surface area contributed by atoms with Crippen molar-refractivity contribution in [3.63, 3.8) is 0 Å². The lowest BCUT2D eigenvalue weighted by Crippen LogP contribution is -2.47. The van der Waals surface area contributed by atoms with Gasteiger partial charge in [-0.25, -0.2) is 0 Å². The molecule has 2 rings (SSSR count). The van der Waals surface area contributed by atoms with E-state index in [4.69, 9.17) is 0 Å². The first kappa shape index (κ1) is 7.91. The molecule has 1 unspecified atom stereocenters. The van der Waals surface area contributed by atoms with Crippen LogP contribution in [0.15, 0.2) is 11.8 Å². The molecule has 0 aromatic heterocycles. The number of carbonyl (C=O) groups is 1. The van der Waals surface area contributed by atoms with Crippen molar-refractivity contribution in [3.05, 3.63) is 11.8 Å². The molecule has 0 amide bonds. The molecular formula is C7H8INOS. The highest BCUT2D eigenvalue weighted by atomic mass is 127. The van der Waals surface area contributed by atoms with Crippen LogP contribution in [-0.4, -0.2) is 26.4 Å². The Kier molecular flexibility index (Phi) is 2.14. The van der Waals surface area contributed by atoms with Crippen molar-refractivity contribution in [1.82, 2.24) is 4.90 Å². The topological polar surface area (TPSA) is 20.3 Å². The van der Waals surface area contributed by atoms with E-state index in [0.717, 1.165) is 18.0 Å². The third-order valence-corrected chi connectivity index (χ3v) is 3.83. The van der Waals surface area contributed by atoms with Crippen LogP contribution in [0.2, 0.25) is 0 Å². The predicted molar refractivity (Wildman–Crippen MR) is 54.7 cm³/mol. The Labute approximate surface area is 83.5 Å². The average Bonchev–Trinajstić information content (AvgIpc) is 1.90. The first-order valence-electron chi connectivity index (χ1n) is 3.57. The molecule has 60 valence electrons. The van der Waals surface area contributed by atoms with Gasteiger partial charge in [0, 0.05) is 34.9 Å². The summed E-state index contributed by atoms with van der Waals surface area (Å²) in [5.74, 6) is 1.01. The van der Waals surface area contributed by atoms with Gasteiger partial charge in [0.25, 0.3) is 0 Å². The third-order valence-electron chi connectivity index (χ3n) is 2.04. The predicted octanol–water partition coefficient (Wildman–Crippen LogP) is 1.61. The van der Waals surface area contributed by atoms with E-state index in [1.165, 1.54) is 6.42 Å². The SMILES string of the molecule is O=C(I)C1=CCSC2CCN12. The number of hydrogen-bond donors (Lipinski definition) is 0. The molecule has 0 bridgehead atoms. The van der Waals surface area contributed by atoms with Gasteiger partial charge in [-0.05, 0) is 12.5 Å². The maximum atomic E-state index is 11.1. The molecular weight excluding hydrogens is 273 g/mol. The molecule has 1 atom stereocenters. The van der Waals surface area contributed by atoms with Gasteiger partial charge in [-0.3, -0.25) is 4.79 Å². The number of nitrogens with zero attached hydrogens (tertiary/aromatic N) is 1. The van der Waals surface area contributed by atoms with Gasteiger partial charge in [-0.2, -0.15) is 0 Å². The lowest BCUT2D eigenvalue weighted by molar-refractivity contribution is -0.108. The van der Waals surface area contributed by atoms with Crippen molar-refractivity contribution in [1.29, 1.82) is 0 Å². The molecule has 0 N–H and O–H groups in total. The molecule has 1 fully saturated rings. The highest BCUT2D eigenvalue weighted by Crippen LogP contribution is 2.36. The van der Waals surface area contributed by atoms with Crippen molar-refractivity contribution >= 4 is 38.1 Å². The number of thioether (sulfide) groups is 1. The van der Waals surface area contributed by atoms with E-state index in [9.17, 15) is 4.79 Å². The number of allylic oxidation sites excluding steroid dienone is 1. The minimum absolute atomic E-state index is 0.188. The first-order valence-corrected chi connectivity index (χ1v) is 5.70. The number of halogens is 1. The lowest BCUT2D eigenvalue weighted by atomic mass is 10.2. The summed E-state index contributed by atoms with van der Waals surface area (Å²) in [7, 11) is 0. The second-order valence-corrected chi connectivity index (χ2v) is 4.82. The van der Waals surface area contributed by atoms with Gasteiger partial charge in [0.2, 0.25) is 3.79 Å². The molecule has 2 aliphatic rings. The summed E-state index contributed by atoms with van der Waals surface area (Å²) in [4.78, 5) is 13.3. The molecule has 11 heavy (non-hydrogen) atoms. The molecule has 2 nitrogen and oxygen atoms in total. The van der Waals surface area contributed by atoms with Gasteiger partial charge in [0.1, 0.15) is 0 Å². The van der Waals surface area contributed by atoms with Crippen molar-refractivity contribution < 1.29 is 4.79 Å². The summed E-state index contributed by atoms with van der Waals surface area (Å²) in [6.45, 7) is 1.07. The molecule has 0 aliphatic carbocycles. The molecule has 0 aromatic rings. The van der Waals surface area contributed by atoms with E-state index in [1.54, 1.807) is 0 Å².